The number of likely N-dealkylation sites (tertiary alicyclic amines) is 1. The van der Waals surface area contributed by atoms with Gasteiger partial charge in [0.1, 0.15) is 5.82 Å². The number of aromatic nitrogens is 3. The van der Waals surface area contributed by atoms with Crippen molar-refractivity contribution in [3.8, 4) is 5.69 Å². The molecule has 0 saturated carbocycles. The second-order valence-corrected chi connectivity index (χ2v) is 5.82. The number of nitrogens with zero attached hydrogens (tertiary/aromatic N) is 4. The normalized spacial score (nSPS) is 17.3. The zero-order valence-electron chi connectivity index (χ0n) is 13.4. The lowest BCUT2D eigenvalue weighted by Gasteiger charge is -2.16. The van der Waals surface area contributed by atoms with Gasteiger partial charge in [-0.05, 0) is 37.1 Å². The highest BCUT2D eigenvalue weighted by molar-refractivity contribution is 5.93. The van der Waals surface area contributed by atoms with Crippen molar-refractivity contribution in [2.75, 3.05) is 19.6 Å². The molecular formula is C15H16ClF4N5O. The number of halogens is 5. The molecule has 6 nitrogen and oxygen atoms in total. The smallest absolute Gasteiger partial charge is 0.337 e. The Labute approximate surface area is 152 Å². The zero-order valence-corrected chi connectivity index (χ0v) is 14.2. The quantitative estimate of drug-likeness (QED) is 0.811. The van der Waals surface area contributed by atoms with Crippen LogP contribution in [-0.2, 0) is 6.18 Å². The van der Waals surface area contributed by atoms with Crippen molar-refractivity contribution >= 4 is 18.3 Å². The number of amides is 1. The molecule has 1 amide bonds. The maximum absolute atomic E-state index is 13.5. The zero-order chi connectivity index (χ0) is 18.2. The molecule has 1 fully saturated rings. The minimum absolute atomic E-state index is 0. The van der Waals surface area contributed by atoms with Crippen LogP contribution in [0.15, 0.2) is 24.3 Å². The van der Waals surface area contributed by atoms with E-state index in [4.69, 9.17) is 5.73 Å². The highest BCUT2D eigenvalue weighted by Crippen LogP contribution is 2.33. The first-order chi connectivity index (χ1) is 11.8. The molecule has 0 spiro atoms. The van der Waals surface area contributed by atoms with Crippen molar-refractivity contribution < 1.29 is 22.4 Å². The summed E-state index contributed by atoms with van der Waals surface area (Å²) < 4.78 is 54.4. The first-order valence-electron chi connectivity index (χ1n) is 7.59. The maximum atomic E-state index is 13.5. The van der Waals surface area contributed by atoms with E-state index in [-0.39, 0.29) is 30.6 Å². The van der Waals surface area contributed by atoms with Gasteiger partial charge in [-0.25, -0.2) is 9.07 Å². The van der Waals surface area contributed by atoms with Gasteiger partial charge >= 0.3 is 6.18 Å². The Kier molecular flexibility index (Phi) is 5.87. The Morgan fingerprint density at radius 1 is 1.35 bits per heavy atom. The second kappa shape index (κ2) is 7.58. The van der Waals surface area contributed by atoms with Crippen LogP contribution in [0.25, 0.3) is 5.69 Å². The Bertz CT molecular complexity index is 795. The van der Waals surface area contributed by atoms with Crippen LogP contribution < -0.4 is 5.73 Å². The van der Waals surface area contributed by atoms with Gasteiger partial charge < -0.3 is 10.6 Å². The van der Waals surface area contributed by atoms with Crippen LogP contribution in [0.5, 0.6) is 0 Å². The van der Waals surface area contributed by atoms with Gasteiger partial charge in [0.25, 0.3) is 5.91 Å². The van der Waals surface area contributed by atoms with Gasteiger partial charge in [0.2, 0.25) is 0 Å². The van der Waals surface area contributed by atoms with Crippen molar-refractivity contribution in [2.24, 2.45) is 11.7 Å². The molecule has 0 bridgehead atoms. The highest BCUT2D eigenvalue weighted by Gasteiger charge is 2.43. The summed E-state index contributed by atoms with van der Waals surface area (Å²) in [6.45, 7) is 0.941. The number of benzene rings is 1. The lowest BCUT2D eigenvalue weighted by Crippen LogP contribution is -2.32. The highest BCUT2D eigenvalue weighted by atomic mass is 35.5. The lowest BCUT2D eigenvalue weighted by atomic mass is 10.1. The molecule has 3 rings (SSSR count). The SMILES string of the molecule is Cl.NCC1CCN(C(=O)c2nnn(-c3cccc(F)c3)c2C(F)(F)F)C1. The van der Waals surface area contributed by atoms with E-state index in [1.54, 1.807) is 0 Å². The molecule has 1 aromatic carbocycles. The van der Waals surface area contributed by atoms with Gasteiger partial charge in [0.05, 0.1) is 5.69 Å². The fraction of sp³-hybridized carbons (Fsp3) is 0.400. The fourth-order valence-electron chi connectivity index (χ4n) is 2.83. The van der Waals surface area contributed by atoms with Crippen molar-refractivity contribution in [1.82, 2.24) is 19.9 Å². The van der Waals surface area contributed by atoms with Crippen molar-refractivity contribution in [3.05, 3.63) is 41.5 Å². The van der Waals surface area contributed by atoms with Crippen LogP contribution in [0, 0.1) is 11.7 Å². The monoisotopic (exact) mass is 393 g/mol. The summed E-state index contributed by atoms with van der Waals surface area (Å²) in [6, 6.07) is 4.48. The van der Waals surface area contributed by atoms with Crippen LogP contribution in [0.4, 0.5) is 17.6 Å². The van der Waals surface area contributed by atoms with Gasteiger partial charge in [0.15, 0.2) is 11.4 Å². The van der Waals surface area contributed by atoms with E-state index in [0.29, 0.717) is 24.2 Å². The standard InChI is InChI=1S/C15H15F4N5O.ClH/c16-10-2-1-3-11(6-10)24-13(15(17,18)19)12(21-22-24)14(25)23-5-4-9(7-20)8-23;/h1-3,6,9H,4-5,7-8,20H2;1H. The van der Waals surface area contributed by atoms with Crippen molar-refractivity contribution in [1.29, 1.82) is 0 Å². The predicted molar refractivity (Wildman–Crippen MR) is 86.6 cm³/mol. The molecule has 0 radical (unpaired) electrons. The summed E-state index contributed by atoms with van der Waals surface area (Å²) in [6.07, 6.45) is -4.25. The summed E-state index contributed by atoms with van der Waals surface area (Å²) in [4.78, 5) is 13.8. The minimum atomic E-state index is -4.88. The summed E-state index contributed by atoms with van der Waals surface area (Å²) in [5.41, 5.74) is 3.26. The molecular weight excluding hydrogens is 378 g/mol. The minimum Gasteiger partial charge on any atom is -0.337 e. The molecule has 1 saturated heterocycles. The van der Waals surface area contributed by atoms with Crippen LogP contribution >= 0.6 is 12.4 Å². The maximum Gasteiger partial charge on any atom is 0.435 e. The molecule has 26 heavy (non-hydrogen) atoms. The Morgan fingerprint density at radius 2 is 2.08 bits per heavy atom. The first-order valence-corrected chi connectivity index (χ1v) is 7.59. The van der Waals surface area contributed by atoms with Gasteiger partial charge in [-0.2, -0.15) is 13.2 Å². The largest absolute Gasteiger partial charge is 0.435 e. The van der Waals surface area contributed by atoms with Gasteiger partial charge in [-0.3, -0.25) is 4.79 Å². The molecule has 142 valence electrons. The van der Waals surface area contributed by atoms with Crippen LogP contribution in [0.2, 0.25) is 0 Å². The average molecular weight is 394 g/mol. The van der Waals surface area contributed by atoms with E-state index in [1.807, 2.05) is 0 Å². The molecule has 0 aliphatic carbocycles. The topological polar surface area (TPSA) is 77.0 Å². The van der Waals surface area contributed by atoms with E-state index in [1.165, 1.54) is 17.0 Å². The van der Waals surface area contributed by atoms with Crippen LogP contribution in [-0.4, -0.2) is 45.4 Å². The molecule has 2 heterocycles. The fourth-order valence-corrected chi connectivity index (χ4v) is 2.83. The average Bonchev–Trinajstić information content (AvgIpc) is 3.20. The summed E-state index contributed by atoms with van der Waals surface area (Å²) in [7, 11) is 0. The second-order valence-electron chi connectivity index (χ2n) is 5.82. The van der Waals surface area contributed by atoms with Gasteiger partial charge in [-0.1, -0.05) is 11.3 Å². The third-order valence-corrected chi connectivity index (χ3v) is 4.10. The van der Waals surface area contributed by atoms with E-state index in [9.17, 15) is 22.4 Å². The molecule has 1 atom stereocenters. The number of hydrogen-bond donors (Lipinski definition) is 1. The first kappa shape index (κ1) is 20.1. The number of carbonyl (C=O) groups excluding carboxylic acids is 1. The predicted octanol–water partition coefficient (Wildman–Crippen LogP) is 2.27. The third kappa shape index (κ3) is 3.80. The Hall–Kier alpha value is -2.20. The number of alkyl halides is 3. The van der Waals surface area contributed by atoms with Crippen LogP contribution in [0.1, 0.15) is 22.6 Å². The number of rotatable bonds is 3. The summed E-state index contributed by atoms with van der Waals surface area (Å²) in [5, 5.41) is 6.87. The van der Waals surface area contributed by atoms with E-state index < -0.39 is 29.3 Å². The molecule has 2 N–H and O–H groups in total. The number of nitrogens with two attached hydrogens (primary N) is 1. The third-order valence-electron chi connectivity index (χ3n) is 4.10. The van der Waals surface area contributed by atoms with Crippen molar-refractivity contribution in [3.63, 3.8) is 0 Å². The van der Waals surface area contributed by atoms with Crippen LogP contribution in [0.3, 0.4) is 0 Å². The molecule has 2 aromatic rings. The molecule has 11 heteroatoms. The molecule has 1 unspecified atom stereocenters. The summed E-state index contributed by atoms with van der Waals surface area (Å²) in [5.74, 6) is -1.53. The van der Waals surface area contributed by atoms with E-state index in [0.717, 1.165) is 12.1 Å². The Balaban J connectivity index is 0.00000243. The molecule has 1 aliphatic rings. The lowest BCUT2D eigenvalue weighted by molar-refractivity contribution is -0.143. The van der Waals surface area contributed by atoms with Gasteiger partial charge in [0, 0.05) is 13.1 Å². The summed E-state index contributed by atoms with van der Waals surface area (Å²) >= 11 is 0. The molecule has 1 aromatic heterocycles. The van der Waals surface area contributed by atoms with Crippen molar-refractivity contribution in [2.45, 2.75) is 12.6 Å². The van der Waals surface area contributed by atoms with E-state index >= 15 is 0 Å². The number of hydrogen-bond acceptors (Lipinski definition) is 4. The Morgan fingerprint density at radius 3 is 2.65 bits per heavy atom. The van der Waals surface area contributed by atoms with Gasteiger partial charge in [-0.15, -0.1) is 17.5 Å². The molecule has 1 aliphatic heterocycles. The number of carbonyl (C=O) groups is 1. The van der Waals surface area contributed by atoms with E-state index in [2.05, 4.69) is 10.3 Å².